The fraction of sp³-hybridized carbons (Fsp3) is 0.556. The maximum absolute atomic E-state index is 12.4. The Labute approximate surface area is 131 Å². The van der Waals surface area contributed by atoms with E-state index >= 15 is 0 Å². The molecule has 1 heterocycles. The maximum atomic E-state index is 12.4. The third-order valence-electron chi connectivity index (χ3n) is 4.91. The number of amides is 2. The molecule has 1 aliphatic carbocycles. The van der Waals surface area contributed by atoms with Crippen molar-refractivity contribution in [1.82, 2.24) is 4.90 Å². The zero-order valence-electron chi connectivity index (χ0n) is 13.0. The van der Waals surface area contributed by atoms with E-state index in [9.17, 15) is 9.59 Å². The molecule has 1 aliphatic heterocycles. The van der Waals surface area contributed by atoms with Gasteiger partial charge in [0.15, 0.2) is 0 Å². The Morgan fingerprint density at radius 2 is 1.50 bits per heavy atom. The highest BCUT2D eigenvalue weighted by Gasteiger charge is 2.32. The maximum Gasteiger partial charge on any atom is 0.227 e. The third-order valence-corrected chi connectivity index (χ3v) is 4.91. The van der Waals surface area contributed by atoms with Crippen molar-refractivity contribution in [3.63, 3.8) is 0 Å². The normalized spacial score (nSPS) is 25.0. The molecule has 3 rings (SSSR count). The van der Waals surface area contributed by atoms with Crippen LogP contribution >= 0.6 is 0 Å². The average Bonchev–Trinajstić information content (AvgIpc) is 3.10. The number of nitrogens with one attached hydrogen (secondary N) is 1. The topological polar surface area (TPSA) is 49.4 Å². The van der Waals surface area contributed by atoms with Gasteiger partial charge < -0.3 is 10.2 Å². The molecule has 0 bridgehead atoms. The number of carbonyl (C=O) groups excluding carboxylic acids is 2. The van der Waals surface area contributed by atoms with Gasteiger partial charge in [0.25, 0.3) is 0 Å². The van der Waals surface area contributed by atoms with Gasteiger partial charge in [0.1, 0.15) is 0 Å². The van der Waals surface area contributed by atoms with E-state index in [1.165, 1.54) is 0 Å². The van der Waals surface area contributed by atoms with Crippen LogP contribution in [0.2, 0.25) is 0 Å². The highest BCUT2D eigenvalue weighted by Crippen LogP contribution is 2.31. The lowest BCUT2D eigenvalue weighted by Crippen LogP contribution is -2.37. The summed E-state index contributed by atoms with van der Waals surface area (Å²) in [7, 11) is 0. The van der Waals surface area contributed by atoms with Gasteiger partial charge in [0.05, 0.1) is 0 Å². The van der Waals surface area contributed by atoms with Crippen LogP contribution in [-0.4, -0.2) is 29.8 Å². The molecule has 1 aromatic carbocycles. The molecule has 0 unspecified atom stereocenters. The lowest BCUT2D eigenvalue weighted by Gasteiger charge is -2.29. The predicted molar refractivity (Wildman–Crippen MR) is 86.3 cm³/mol. The summed E-state index contributed by atoms with van der Waals surface area (Å²) in [6.45, 7) is 1.85. The Balaban J connectivity index is 1.48. The van der Waals surface area contributed by atoms with Gasteiger partial charge >= 0.3 is 0 Å². The first kappa shape index (κ1) is 15.1. The summed E-state index contributed by atoms with van der Waals surface area (Å²) in [6, 6.07) is 9.58. The molecule has 1 N–H and O–H groups in total. The minimum Gasteiger partial charge on any atom is -0.342 e. The fourth-order valence-electron chi connectivity index (χ4n) is 3.56. The van der Waals surface area contributed by atoms with Crippen molar-refractivity contribution in [2.24, 2.45) is 11.8 Å². The second-order valence-corrected chi connectivity index (χ2v) is 6.44. The number of hydrogen-bond donors (Lipinski definition) is 1. The lowest BCUT2D eigenvalue weighted by atomic mass is 9.81. The number of nitrogens with zero attached hydrogens (tertiary/aromatic N) is 1. The van der Waals surface area contributed by atoms with Gasteiger partial charge in [-0.15, -0.1) is 0 Å². The van der Waals surface area contributed by atoms with Gasteiger partial charge in [0.2, 0.25) is 11.8 Å². The highest BCUT2D eigenvalue weighted by molar-refractivity contribution is 5.92. The molecule has 2 fully saturated rings. The van der Waals surface area contributed by atoms with Gasteiger partial charge in [-0.1, -0.05) is 18.2 Å². The summed E-state index contributed by atoms with van der Waals surface area (Å²) >= 11 is 0. The first-order chi connectivity index (χ1) is 10.7. The summed E-state index contributed by atoms with van der Waals surface area (Å²) in [5.74, 6) is 0.597. The fourth-order valence-corrected chi connectivity index (χ4v) is 3.56. The molecule has 22 heavy (non-hydrogen) atoms. The van der Waals surface area contributed by atoms with Gasteiger partial charge in [-0.2, -0.15) is 0 Å². The molecule has 4 heteroatoms. The summed E-state index contributed by atoms with van der Waals surface area (Å²) < 4.78 is 0. The third kappa shape index (κ3) is 3.49. The molecular weight excluding hydrogens is 276 g/mol. The molecule has 1 saturated carbocycles. The van der Waals surface area contributed by atoms with Crippen LogP contribution in [-0.2, 0) is 9.59 Å². The summed E-state index contributed by atoms with van der Waals surface area (Å²) in [4.78, 5) is 26.7. The largest absolute Gasteiger partial charge is 0.342 e. The molecule has 0 radical (unpaired) electrons. The van der Waals surface area contributed by atoms with Crippen molar-refractivity contribution < 1.29 is 9.59 Å². The molecule has 0 aromatic heterocycles. The van der Waals surface area contributed by atoms with Crippen LogP contribution in [0.5, 0.6) is 0 Å². The molecule has 0 atom stereocenters. The van der Waals surface area contributed by atoms with Crippen LogP contribution in [0.1, 0.15) is 38.5 Å². The van der Waals surface area contributed by atoms with Crippen molar-refractivity contribution in [2.45, 2.75) is 38.5 Å². The molecule has 0 spiro atoms. The van der Waals surface area contributed by atoms with Gasteiger partial charge in [-0.25, -0.2) is 0 Å². The number of rotatable bonds is 3. The zero-order valence-corrected chi connectivity index (χ0v) is 13.0. The van der Waals surface area contributed by atoms with Gasteiger partial charge in [-0.05, 0) is 50.7 Å². The van der Waals surface area contributed by atoms with Crippen LogP contribution in [0.15, 0.2) is 30.3 Å². The number of hydrogen-bond acceptors (Lipinski definition) is 2. The Morgan fingerprint density at radius 3 is 2.14 bits per heavy atom. The molecule has 1 aromatic rings. The molecule has 2 aliphatic rings. The molecule has 118 valence electrons. The number of para-hydroxylation sites is 1. The van der Waals surface area contributed by atoms with E-state index in [-0.39, 0.29) is 17.7 Å². The van der Waals surface area contributed by atoms with E-state index in [0.717, 1.165) is 57.3 Å². The quantitative estimate of drug-likeness (QED) is 0.932. The molecule has 2 amide bonds. The Bertz CT molecular complexity index is 515. The Hall–Kier alpha value is -1.84. The van der Waals surface area contributed by atoms with E-state index in [0.29, 0.717) is 5.91 Å². The average molecular weight is 300 g/mol. The highest BCUT2D eigenvalue weighted by atomic mass is 16.2. The molecular formula is C18H24N2O2. The van der Waals surface area contributed by atoms with Crippen molar-refractivity contribution in [3.05, 3.63) is 30.3 Å². The zero-order chi connectivity index (χ0) is 15.4. The van der Waals surface area contributed by atoms with E-state index in [2.05, 4.69) is 5.32 Å². The summed E-state index contributed by atoms with van der Waals surface area (Å²) in [5, 5.41) is 2.98. The van der Waals surface area contributed by atoms with Crippen LogP contribution in [0, 0.1) is 11.8 Å². The van der Waals surface area contributed by atoms with E-state index in [1.807, 2.05) is 35.2 Å². The minimum atomic E-state index is 0.0443. The Kier molecular flexibility index (Phi) is 4.76. The van der Waals surface area contributed by atoms with Gasteiger partial charge in [-0.3, -0.25) is 9.59 Å². The predicted octanol–water partition coefficient (Wildman–Crippen LogP) is 3.05. The number of likely N-dealkylation sites (tertiary alicyclic amines) is 1. The smallest absolute Gasteiger partial charge is 0.227 e. The second kappa shape index (κ2) is 6.95. The lowest BCUT2D eigenvalue weighted by molar-refractivity contribution is -0.136. The van der Waals surface area contributed by atoms with Gasteiger partial charge in [0, 0.05) is 30.6 Å². The monoisotopic (exact) mass is 300 g/mol. The second-order valence-electron chi connectivity index (χ2n) is 6.44. The number of anilines is 1. The number of carbonyl (C=O) groups is 2. The summed E-state index contributed by atoms with van der Waals surface area (Å²) in [5.41, 5.74) is 0.850. The summed E-state index contributed by atoms with van der Waals surface area (Å²) in [6.07, 6.45) is 5.62. The van der Waals surface area contributed by atoms with E-state index in [1.54, 1.807) is 0 Å². The van der Waals surface area contributed by atoms with E-state index in [4.69, 9.17) is 0 Å². The van der Waals surface area contributed by atoms with E-state index < -0.39 is 0 Å². The SMILES string of the molecule is O=C(Nc1ccccc1)C1CCC(C(=O)N2CCCC2)CC1. The van der Waals surface area contributed by atoms with Crippen LogP contribution in [0.25, 0.3) is 0 Å². The van der Waals surface area contributed by atoms with Crippen LogP contribution in [0.3, 0.4) is 0 Å². The standard InChI is InChI=1S/C18H24N2O2/c21-17(19-16-6-2-1-3-7-16)14-8-10-15(11-9-14)18(22)20-12-4-5-13-20/h1-3,6-7,14-15H,4-5,8-13H2,(H,19,21). The van der Waals surface area contributed by atoms with Crippen LogP contribution in [0.4, 0.5) is 5.69 Å². The van der Waals surface area contributed by atoms with Crippen LogP contribution < -0.4 is 5.32 Å². The van der Waals surface area contributed by atoms with Crippen molar-refractivity contribution in [3.8, 4) is 0 Å². The molecule has 1 saturated heterocycles. The van der Waals surface area contributed by atoms with Crippen molar-refractivity contribution in [2.75, 3.05) is 18.4 Å². The van der Waals surface area contributed by atoms with Crippen molar-refractivity contribution >= 4 is 17.5 Å². The Morgan fingerprint density at radius 1 is 0.909 bits per heavy atom. The first-order valence-electron chi connectivity index (χ1n) is 8.39. The number of benzene rings is 1. The minimum absolute atomic E-state index is 0.0443. The first-order valence-corrected chi connectivity index (χ1v) is 8.39. The molecule has 4 nitrogen and oxygen atoms in total. The van der Waals surface area contributed by atoms with Crippen molar-refractivity contribution in [1.29, 1.82) is 0 Å².